The molecule has 2 nitrogen and oxygen atoms in total. The Morgan fingerprint density at radius 1 is 1.26 bits per heavy atom. The van der Waals surface area contributed by atoms with Crippen LogP contribution >= 0.6 is 0 Å². The van der Waals surface area contributed by atoms with E-state index in [1.807, 2.05) is 45.0 Å². The monoisotopic (exact) mass is 261 g/mol. The van der Waals surface area contributed by atoms with Gasteiger partial charge in [0.05, 0.1) is 12.7 Å². The number of rotatable bonds is 8. The van der Waals surface area contributed by atoms with Gasteiger partial charge in [-0.25, -0.2) is 0 Å². The van der Waals surface area contributed by atoms with Gasteiger partial charge in [0, 0.05) is 12.0 Å². The molecule has 1 aromatic rings. The van der Waals surface area contributed by atoms with Crippen molar-refractivity contribution in [1.82, 2.24) is 0 Å². The number of allylic oxidation sites excluding steroid dienone is 1. The molecule has 0 aliphatic heterocycles. The van der Waals surface area contributed by atoms with Crippen molar-refractivity contribution >= 4 is 0 Å². The van der Waals surface area contributed by atoms with Crippen LogP contribution in [0.15, 0.2) is 30.9 Å². The molecule has 0 amide bonds. The van der Waals surface area contributed by atoms with E-state index in [-0.39, 0.29) is 6.10 Å². The van der Waals surface area contributed by atoms with Crippen molar-refractivity contribution in [3.8, 4) is 11.5 Å². The molecule has 0 saturated heterocycles. The lowest BCUT2D eigenvalue weighted by Gasteiger charge is -2.15. The Labute approximate surface area is 117 Å². The van der Waals surface area contributed by atoms with Crippen molar-refractivity contribution in [2.45, 2.75) is 46.6 Å². The number of hydrogen-bond acceptors (Lipinski definition) is 2. The first-order chi connectivity index (χ1) is 9.06. The van der Waals surface area contributed by atoms with Crippen molar-refractivity contribution < 1.29 is 9.47 Å². The highest BCUT2D eigenvalue weighted by Gasteiger charge is 2.09. The summed E-state index contributed by atoms with van der Waals surface area (Å²) in [6.45, 7) is 12.8. The Bertz CT molecular complexity index is 396. The molecular weight excluding hydrogens is 236 g/mol. The summed E-state index contributed by atoms with van der Waals surface area (Å²) in [5, 5.41) is 0. The molecule has 0 unspecified atom stereocenters. The van der Waals surface area contributed by atoms with Gasteiger partial charge < -0.3 is 9.47 Å². The van der Waals surface area contributed by atoms with Crippen molar-refractivity contribution in [2.75, 3.05) is 6.61 Å². The molecule has 0 N–H and O–H groups in total. The van der Waals surface area contributed by atoms with Crippen LogP contribution in [0.5, 0.6) is 11.5 Å². The first kappa shape index (κ1) is 15.6. The van der Waals surface area contributed by atoms with Crippen LogP contribution in [0.3, 0.4) is 0 Å². The lowest BCUT2D eigenvalue weighted by molar-refractivity contribution is 0.239. The van der Waals surface area contributed by atoms with E-state index in [1.54, 1.807) is 0 Å². The second-order valence-corrected chi connectivity index (χ2v) is 4.95. The standard InChI is InChI=1S/C17H25O2/c1-6-8-9-18-16-10-15(14(5)7-2)11-17(12-16)19-13(3)4/h7,10-13H,2,6,8-9H2,1,3-5H3. The fourth-order valence-corrected chi connectivity index (χ4v) is 1.68. The minimum atomic E-state index is 0.155. The Hall–Kier alpha value is -1.44. The van der Waals surface area contributed by atoms with Gasteiger partial charge in [0.25, 0.3) is 0 Å². The highest BCUT2D eigenvalue weighted by atomic mass is 16.5. The van der Waals surface area contributed by atoms with Crippen molar-refractivity contribution in [3.63, 3.8) is 0 Å². The lowest BCUT2D eigenvalue weighted by Crippen LogP contribution is -2.07. The maximum Gasteiger partial charge on any atom is 0.123 e. The average molecular weight is 261 g/mol. The summed E-state index contributed by atoms with van der Waals surface area (Å²) in [6.07, 6.45) is 4.20. The third kappa shape index (κ3) is 5.37. The van der Waals surface area contributed by atoms with Gasteiger partial charge in [0.2, 0.25) is 0 Å². The summed E-state index contributed by atoms with van der Waals surface area (Å²) in [6, 6.07) is 6.03. The molecule has 1 radical (unpaired) electrons. The van der Waals surface area contributed by atoms with Gasteiger partial charge >= 0.3 is 0 Å². The van der Waals surface area contributed by atoms with Crippen LogP contribution in [-0.4, -0.2) is 12.7 Å². The molecule has 1 rings (SSSR count). The molecule has 0 aliphatic carbocycles. The van der Waals surface area contributed by atoms with E-state index in [4.69, 9.17) is 9.47 Å². The molecule has 1 aromatic carbocycles. The number of unbranched alkanes of at least 4 members (excludes halogenated alkanes) is 1. The molecule has 19 heavy (non-hydrogen) atoms. The predicted molar refractivity (Wildman–Crippen MR) is 80.8 cm³/mol. The number of ether oxygens (including phenoxy) is 2. The SMILES string of the molecule is C=C[C](C)c1cc(OCCCC)cc(OC(C)C)c1. The average Bonchev–Trinajstić information content (AvgIpc) is 2.37. The lowest BCUT2D eigenvalue weighted by atomic mass is 10.0. The molecular formula is C17H25O2. The van der Waals surface area contributed by atoms with E-state index in [9.17, 15) is 0 Å². The normalized spacial score (nSPS) is 10.8. The summed E-state index contributed by atoms with van der Waals surface area (Å²) in [5.74, 6) is 2.83. The summed E-state index contributed by atoms with van der Waals surface area (Å²) in [7, 11) is 0. The quantitative estimate of drug-likeness (QED) is 0.627. The Morgan fingerprint density at radius 3 is 2.53 bits per heavy atom. The van der Waals surface area contributed by atoms with Gasteiger partial charge in [0.1, 0.15) is 11.5 Å². The van der Waals surface area contributed by atoms with Crippen LogP contribution in [0, 0.1) is 5.92 Å². The second-order valence-electron chi connectivity index (χ2n) is 4.95. The third-order valence-corrected chi connectivity index (χ3v) is 2.78. The number of benzene rings is 1. The van der Waals surface area contributed by atoms with Crippen LogP contribution in [0.4, 0.5) is 0 Å². The molecule has 2 heteroatoms. The van der Waals surface area contributed by atoms with Crippen LogP contribution in [0.25, 0.3) is 0 Å². The fourth-order valence-electron chi connectivity index (χ4n) is 1.68. The van der Waals surface area contributed by atoms with E-state index in [1.165, 1.54) is 0 Å². The zero-order chi connectivity index (χ0) is 14.3. The maximum absolute atomic E-state index is 5.78. The molecule has 0 bridgehead atoms. The van der Waals surface area contributed by atoms with Crippen LogP contribution in [0.2, 0.25) is 0 Å². The minimum Gasteiger partial charge on any atom is -0.493 e. The zero-order valence-corrected chi connectivity index (χ0v) is 12.5. The molecule has 0 aromatic heterocycles. The van der Waals surface area contributed by atoms with Gasteiger partial charge in [-0.05, 0) is 38.0 Å². The van der Waals surface area contributed by atoms with Crippen LogP contribution in [0.1, 0.15) is 46.1 Å². The minimum absolute atomic E-state index is 0.155. The summed E-state index contributed by atoms with van der Waals surface area (Å²) < 4.78 is 11.5. The van der Waals surface area contributed by atoms with Gasteiger partial charge in [0.15, 0.2) is 0 Å². The Balaban J connectivity index is 2.91. The topological polar surface area (TPSA) is 18.5 Å². The van der Waals surface area contributed by atoms with Crippen molar-refractivity contribution in [2.24, 2.45) is 0 Å². The van der Waals surface area contributed by atoms with E-state index in [2.05, 4.69) is 13.5 Å². The molecule has 0 aliphatic rings. The highest BCUT2D eigenvalue weighted by molar-refractivity contribution is 5.46. The smallest absolute Gasteiger partial charge is 0.123 e. The van der Waals surface area contributed by atoms with Crippen LogP contribution < -0.4 is 9.47 Å². The maximum atomic E-state index is 5.78. The van der Waals surface area contributed by atoms with Gasteiger partial charge in [-0.1, -0.05) is 26.3 Å². The van der Waals surface area contributed by atoms with Crippen molar-refractivity contribution in [3.05, 3.63) is 42.3 Å². The molecule has 0 saturated carbocycles. The van der Waals surface area contributed by atoms with E-state index in [0.717, 1.165) is 42.4 Å². The van der Waals surface area contributed by atoms with E-state index < -0.39 is 0 Å². The van der Waals surface area contributed by atoms with E-state index >= 15 is 0 Å². The molecule has 0 heterocycles. The van der Waals surface area contributed by atoms with Crippen LogP contribution in [-0.2, 0) is 0 Å². The predicted octanol–water partition coefficient (Wildman–Crippen LogP) is 4.78. The summed E-state index contributed by atoms with van der Waals surface area (Å²) in [5.41, 5.74) is 1.10. The fraction of sp³-hybridized carbons (Fsp3) is 0.471. The van der Waals surface area contributed by atoms with Gasteiger partial charge in [-0.3, -0.25) is 0 Å². The molecule has 0 spiro atoms. The number of hydrogen-bond donors (Lipinski definition) is 0. The zero-order valence-electron chi connectivity index (χ0n) is 12.5. The third-order valence-electron chi connectivity index (χ3n) is 2.78. The second kappa shape index (κ2) is 7.88. The van der Waals surface area contributed by atoms with Gasteiger partial charge in [-0.15, -0.1) is 6.58 Å². The summed E-state index contributed by atoms with van der Waals surface area (Å²) in [4.78, 5) is 0. The Morgan fingerprint density at radius 2 is 1.95 bits per heavy atom. The first-order valence-electron chi connectivity index (χ1n) is 6.97. The molecule has 105 valence electrons. The summed E-state index contributed by atoms with van der Waals surface area (Å²) >= 11 is 0. The largest absolute Gasteiger partial charge is 0.493 e. The Kier molecular flexibility index (Phi) is 6.48. The first-order valence-corrected chi connectivity index (χ1v) is 6.97. The van der Waals surface area contributed by atoms with Crippen molar-refractivity contribution in [1.29, 1.82) is 0 Å². The van der Waals surface area contributed by atoms with E-state index in [0.29, 0.717) is 0 Å². The van der Waals surface area contributed by atoms with Gasteiger partial charge in [-0.2, -0.15) is 0 Å². The molecule has 0 atom stereocenters. The molecule has 0 fully saturated rings. The highest BCUT2D eigenvalue weighted by Crippen LogP contribution is 2.28.